The summed E-state index contributed by atoms with van der Waals surface area (Å²) in [5.41, 5.74) is 0.271. The van der Waals surface area contributed by atoms with E-state index in [0.717, 1.165) is 0 Å². The summed E-state index contributed by atoms with van der Waals surface area (Å²) < 4.78 is 41.2. The first kappa shape index (κ1) is 13.5. The lowest BCUT2D eigenvalue weighted by Gasteiger charge is -2.18. The van der Waals surface area contributed by atoms with Crippen molar-refractivity contribution in [1.29, 1.82) is 0 Å². The van der Waals surface area contributed by atoms with Gasteiger partial charge in [-0.1, -0.05) is 12.1 Å². The highest BCUT2D eigenvalue weighted by Gasteiger charge is 2.23. The number of nitrogens with one attached hydrogen (secondary N) is 1. The van der Waals surface area contributed by atoms with Crippen molar-refractivity contribution in [1.82, 2.24) is 10.3 Å². The Bertz CT molecular complexity index is 599. The molecule has 0 bridgehead atoms. The number of benzene rings is 1. The number of aromatic nitrogens is 1. The molecule has 0 aliphatic heterocycles. The normalized spacial score (nSPS) is 12.5. The van der Waals surface area contributed by atoms with Gasteiger partial charge in [0.1, 0.15) is 5.82 Å². The van der Waals surface area contributed by atoms with Crippen molar-refractivity contribution < 1.29 is 13.2 Å². The van der Waals surface area contributed by atoms with E-state index < -0.39 is 23.5 Å². The molecule has 2 nitrogen and oxygen atoms in total. The average Bonchev–Trinajstić information content (AvgIpc) is 2.41. The standard InChI is InChI=1S/C14H13F3N2/c1-8-5-6-9(12(17)11(8)16)13(18-2)14-10(15)4-3-7-19-14/h3-7,13,18H,1-2H3. The Morgan fingerprint density at radius 1 is 1.11 bits per heavy atom. The lowest BCUT2D eigenvalue weighted by molar-refractivity contribution is 0.475. The van der Waals surface area contributed by atoms with Gasteiger partial charge in [-0.25, -0.2) is 13.2 Å². The van der Waals surface area contributed by atoms with Crippen LogP contribution in [0.15, 0.2) is 30.5 Å². The van der Waals surface area contributed by atoms with Gasteiger partial charge in [0.25, 0.3) is 0 Å². The molecule has 0 saturated carbocycles. The van der Waals surface area contributed by atoms with Crippen molar-refractivity contribution in [2.45, 2.75) is 13.0 Å². The van der Waals surface area contributed by atoms with Crippen LogP contribution in [0.2, 0.25) is 0 Å². The van der Waals surface area contributed by atoms with Gasteiger partial charge >= 0.3 is 0 Å². The van der Waals surface area contributed by atoms with Crippen LogP contribution in [-0.2, 0) is 0 Å². The van der Waals surface area contributed by atoms with E-state index in [-0.39, 0.29) is 16.8 Å². The van der Waals surface area contributed by atoms with Crippen molar-refractivity contribution in [3.05, 3.63) is 64.7 Å². The third-order valence-electron chi connectivity index (χ3n) is 2.97. The number of aryl methyl sites for hydroxylation is 1. The smallest absolute Gasteiger partial charge is 0.164 e. The fourth-order valence-corrected chi connectivity index (χ4v) is 1.93. The largest absolute Gasteiger partial charge is 0.308 e. The predicted octanol–water partition coefficient (Wildman–Crippen LogP) is 3.12. The van der Waals surface area contributed by atoms with E-state index in [1.807, 2.05) is 0 Å². The third kappa shape index (κ3) is 2.46. The Hall–Kier alpha value is -1.88. The summed E-state index contributed by atoms with van der Waals surface area (Å²) in [5.74, 6) is -2.47. The van der Waals surface area contributed by atoms with E-state index in [1.165, 1.54) is 44.4 Å². The highest BCUT2D eigenvalue weighted by molar-refractivity contribution is 5.33. The summed E-state index contributed by atoms with van der Waals surface area (Å²) in [6, 6.07) is 4.73. The molecular formula is C14H13F3N2. The van der Waals surface area contributed by atoms with E-state index in [4.69, 9.17) is 0 Å². The lowest BCUT2D eigenvalue weighted by atomic mass is 10.0. The Labute approximate surface area is 109 Å². The second-order valence-electron chi connectivity index (χ2n) is 4.19. The zero-order valence-corrected chi connectivity index (χ0v) is 10.5. The Kier molecular flexibility index (Phi) is 3.85. The van der Waals surface area contributed by atoms with Crippen LogP contribution in [-0.4, -0.2) is 12.0 Å². The van der Waals surface area contributed by atoms with Crippen LogP contribution in [0.3, 0.4) is 0 Å². The van der Waals surface area contributed by atoms with Crippen LogP contribution in [0.25, 0.3) is 0 Å². The molecule has 1 atom stereocenters. The van der Waals surface area contributed by atoms with Crippen molar-refractivity contribution >= 4 is 0 Å². The van der Waals surface area contributed by atoms with E-state index >= 15 is 0 Å². The molecule has 0 spiro atoms. The number of nitrogens with zero attached hydrogens (tertiary/aromatic N) is 1. The molecule has 2 aromatic rings. The first-order valence-electron chi connectivity index (χ1n) is 5.78. The maximum Gasteiger partial charge on any atom is 0.164 e. The monoisotopic (exact) mass is 266 g/mol. The van der Waals surface area contributed by atoms with Gasteiger partial charge in [0, 0.05) is 11.8 Å². The first-order valence-corrected chi connectivity index (χ1v) is 5.78. The molecule has 100 valence electrons. The number of pyridine rings is 1. The zero-order valence-electron chi connectivity index (χ0n) is 10.5. The Balaban J connectivity index is 2.55. The second kappa shape index (κ2) is 5.40. The number of hydrogen-bond acceptors (Lipinski definition) is 2. The molecule has 1 aromatic carbocycles. The van der Waals surface area contributed by atoms with Gasteiger partial charge in [0.2, 0.25) is 0 Å². The minimum atomic E-state index is -0.982. The van der Waals surface area contributed by atoms with Crippen LogP contribution < -0.4 is 5.32 Å². The van der Waals surface area contributed by atoms with Gasteiger partial charge in [-0.2, -0.15) is 0 Å². The van der Waals surface area contributed by atoms with Crippen molar-refractivity contribution in [2.24, 2.45) is 0 Å². The maximum atomic E-state index is 14.0. The summed E-state index contributed by atoms with van der Waals surface area (Å²) >= 11 is 0. The molecule has 19 heavy (non-hydrogen) atoms. The number of halogens is 3. The van der Waals surface area contributed by atoms with Crippen molar-refractivity contribution in [3.63, 3.8) is 0 Å². The van der Waals surface area contributed by atoms with Gasteiger partial charge in [-0.15, -0.1) is 0 Å². The molecular weight excluding hydrogens is 253 g/mol. The molecule has 0 radical (unpaired) electrons. The average molecular weight is 266 g/mol. The molecule has 1 heterocycles. The molecule has 1 aromatic heterocycles. The van der Waals surface area contributed by atoms with Gasteiger partial charge in [0.15, 0.2) is 11.6 Å². The zero-order chi connectivity index (χ0) is 14.0. The van der Waals surface area contributed by atoms with E-state index in [2.05, 4.69) is 10.3 Å². The third-order valence-corrected chi connectivity index (χ3v) is 2.97. The molecule has 1 unspecified atom stereocenters. The quantitative estimate of drug-likeness (QED) is 0.923. The number of hydrogen-bond donors (Lipinski definition) is 1. The topological polar surface area (TPSA) is 24.9 Å². The Morgan fingerprint density at radius 2 is 1.84 bits per heavy atom. The van der Waals surface area contributed by atoms with Crippen LogP contribution in [0.5, 0.6) is 0 Å². The highest BCUT2D eigenvalue weighted by atomic mass is 19.2. The minimum Gasteiger partial charge on any atom is -0.308 e. The molecule has 2 rings (SSSR count). The molecule has 0 aliphatic carbocycles. The summed E-state index contributed by atoms with van der Waals surface area (Å²) in [7, 11) is 1.54. The van der Waals surface area contributed by atoms with Gasteiger partial charge in [0.05, 0.1) is 11.7 Å². The maximum absolute atomic E-state index is 14.0. The van der Waals surface area contributed by atoms with E-state index in [0.29, 0.717) is 0 Å². The first-order chi connectivity index (χ1) is 9.06. The SMILES string of the molecule is CNC(c1ccc(C)c(F)c1F)c1ncccc1F. The minimum absolute atomic E-state index is 0.0307. The summed E-state index contributed by atoms with van der Waals surface area (Å²) in [6.07, 6.45) is 1.41. The van der Waals surface area contributed by atoms with E-state index in [1.54, 1.807) is 0 Å². The molecule has 0 fully saturated rings. The van der Waals surface area contributed by atoms with Crippen molar-refractivity contribution in [2.75, 3.05) is 7.05 Å². The van der Waals surface area contributed by atoms with Crippen molar-refractivity contribution in [3.8, 4) is 0 Å². The Morgan fingerprint density at radius 3 is 2.47 bits per heavy atom. The molecule has 1 N–H and O–H groups in total. The van der Waals surface area contributed by atoms with Gasteiger partial charge < -0.3 is 5.32 Å². The molecule has 0 amide bonds. The van der Waals surface area contributed by atoms with Crippen LogP contribution in [0.1, 0.15) is 22.9 Å². The van der Waals surface area contributed by atoms with Gasteiger partial charge in [-0.05, 0) is 31.7 Å². The van der Waals surface area contributed by atoms with Crippen LogP contribution in [0, 0.1) is 24.4 Å². The molecule has 0 aliphatic rings. The second-order valence-corrected chi connectivity index (χ2v) is 4.19. The lowest BCUT2D eigenvalue weighted by Crippen LogP contribution is -2.22. The summed E-state index contributed by atoms with van der Waals surface area (Å²) in [6.45, 7) is 1.47. The fourth-order valence-electron chi connectivity index (χ4n) is 1.93. The van der Waals surface area contributed by atoms with Gasteiger partial charge in [-0.3, -0.25) is 4.98 Å². The van der Waals surface area contributed by atoms with E-state index in [9.17, 15) is 13.2 Å². The predicted molar refractivity (Wildman–Crippen MR) is 66.2 cm³/mol. The summed E-state index contributed by atoms with van der Waals surface area (Å²) in [4.78, 5) is 3.89. The molecule has 0 saturated heterocycles. The fraction of sp³-hybridized carbons (Fsp3) is 0.214. The van der Waals surface area contributed by atoms with Crippen LogP contribution >= 0.6 is 0 Å². The highest BCUT2D eigenvalue weighted by Crippen LogP contribution is 2.26. The number of rotatable bonds is 3. The molecule has 5 heteroatoms. The van der Waals surface area contributed by atoms with Crippen LogP contribution in [0.4, 0.5) is 13.2 Å². The summed E-state index contributed by atoms with van der Waals surface area (Å²) in [5, 5.41) is 2.75.